The molecule has 1 amide bonds. The number of H-pyrrole nitrogens is 1. The minimum absolute atomic E-state index is 0.0757. The SMILES string of the molecule is N#CC1(CS(=O)(=O)N2CCN(c3cc(N(C=O)C4CC4)nc4[nH]ccc34)CC2)CC1. The summed E-state index contributed by atoms with van der Waals surface area (Å²) < 4.78 is 27.1. The van der Waals surface area contributed by atoms with Crippen LogP contribution in [0.2, 0.25) is 0 Å². The molecule has 5 rings (SSSR count). The van der Waals surface area contributed by atoms with E-state index in [1.807, 2.05) is 18.3 Å². The first-order valence-electron chi connectivity index (χ1n) is 10.3. The Labute approximate surface area is 175 Å². The fourth-order valence-corrected chi connectivity index (χ4v) is 6.12. The van der Waals surface area contributed by atoms with Crippen molar-refractivity contribution in [3.05, 3.63) is 18.3 Å². The van der Waals surface area contributed by atoms with Crippen molar-refractivity contribution in [2.45, 2.75) is 31.7 Å². The van der Waals surface area contributed by atoms with Crippen molar-refractivity contribution in [3.63, 3.8) is 0 Å². The van der Waals surface area contributed by atoms with Crippen molar-refractivity contribution >= 4 is 39.0 Å². The summed E-state index contributed by atoms with van der Waals surface area (Å²) in [6.07, 6.45) is 5.97. The standard InChI is InChI=1S/C20H24N6O3S/c21-12-20(4-5-20)13-30(28,29)25-9-7-24(8-10-25)17-11-18(26(14-27)15-1-2-15)23-19-16(17)3-6-22-19/h3,6,11,14-15H,1-2,4-5,7-10,13H2,(H,22,23). The average molecular weight is 429 g/mol. The number of anilines is 2. The Kier molecular flexibility index (Phi) is 4.48. The van der Waals surface area contributed by atoms with Crippen LogP contribution in [0.5, 0.6) is 0 Å². The minimum Gasteiger partial charge on any atom is -0.368 e. The topological polar surface area (TPSA) is 113 Å². The Bertz CT molecular complexity index is 1120. The lowest BCUT2D eigenvalue weighted by molar-refractivity contribution is -0.107. The number of carbonyl (C=O) groups excluding carboxylic acids is 1. The van der Waals surface area contributed by atoms with E-state index >= 15 is 0 Å². The van der Waals surface area contributed by atoms with Gasteiger partial charge < -0.3 is 9.88 Å². The Morgan fingerprint density at radius 2 is 2.03 bits per heavy atom. The minimum atomic E-state index is -3.45. The smallest absolute Gasteiger partial charge is 0.215 e. The molecule has 30 heavy (non-hydrogen) atoms. The van der Waals surface area contributed by atoms with Crippen LogP contribution in [0.15, 0.2) is 18.3 Å². The number of pyridine rings is 1. The number of nitrogens with one attached hydrogen (secondary N) is 1. The number of aromatic nitrogens is 2. The van der Waals surface area contributed by atoms with Gasteiger partial charge in [0.05, 0.1) is 22.9 Å². The molecule has 1 aliphatic heterocycles. The van der Waals surface area contributed by atoms with Gasteiger partial charge in [0, 0.05) is 49.9 Å². The first-order valence-corrected chi connectivity index (χ1v) is 11.9. The number of hydrogen-bond acceptors (Lipinski definition) is 6. The molecule has 10 heteroatoms. The first-order chi connectivity index (χ1) is 14.4. The van der Waals surface area contributed by atoms with Crippen LogP contribution in [-0.4, -0.2) is 67.1 Å². The van der Waals surface area contributed by atoms with Crippen LogP contribution in [0.1, 0.15) is 25.7 Å². The predicted octanol–water partition coefficient (Wildman–Crippen LogP) is 1.44. The number of fused-ring (bicyclic) bond motifs is 1. The maximum atomic E-state index is 12.8. The molecule has 3 heterocycles. The van der Waals surface area contributed by atoms with Crippen LogP contribution in [-0.2, 0) is 14.8 Å². The second-order valence-corrected chi connectivity index (χ2v) is 10.5. The van der Waals surface area contributed by atoms with Crippen molar-refractivity contribution in [1.82, 2.24) is 14.3 Å². The lowest BCUT2D eigenvalue weighted by Crippen LogP contribution is -2.50. The summed E-state index contributed by atoms with van der Waals surface area (Å²) in [6.45, 7) is 1.86. The second kappa shape index (κ2) is 6.96. The molecule has 2 aromatic heterocycles. The third-order valence-corrected chi connectivity index (χ3v) is 8.40. The van der Waals surface area contributed by atoms with E-state index in [4.69, 9.17) is 0 Å². The van der Waals surface area contributed by atoms with Crippen LogP contribution in [0, 0.1) is 16.7 Å². The summed E-state index contributed by atoms with van der Waals surface area (Å²) in [4.78, 5) is 23.2. The molecule has 2 saturated carbocycles. The molecular formula is C20H24N6O3S. The third-order valence-electron chi connectivity index (χ3n) is 6.33. The van der Waals surface area contributed by atoms with E-state index in [0.717, 1.165) is 36.0 Å². The maximum Gasteiger partial charge on any atom is 0.215 e. The van der Waals surface area contributed by atoms with E-state index in [9.17, 15) is 18.5 Å². The molecule has 0 bridgehead atoms. The molecule has 3 fully saturated rings. The van der Waals surface area contributed by atoms with E-state index in [1.54, 1.807) is 4.90 Å². The van der Waals surface area contributed by atoms with Gasteiger partial charge in [0.2, 0.25) is 16.4 Å². The molecule has 9 nitrogen and oxygen atoms in total. The predicted molar refractivity (Wildman–Crippen MR) is 113 cm³/mol. The number of hydrogen-bond donors (Lipinski definition) is 1. The van der Waals surface area contributed by atoms with Crippen LogP contribution in [0.3, 0.4) is 0 Å². The number of rotatable bonds is 7. The summed E-state index contributed by atoms with van der Waals surface area (Å²) in [5.41, 5.74) is 1.00. The molecule has 0 unspecified atom stereocenters. The van der Waals surface area contributed by atoms with Gasteiger partial charge in [0.1, 0.15) is 11.5 Å². The summed E-state index contributed by atoms with van der Waals surface area (Å²) in [6, 6.07) is 6.28. The zero-order valence-corrected chi connectivity index (χ0v) is 17.4. The maximum absolute atomic E-state index is 12.8. The van der Waals surface area contributed by atoms with Gasteiger partial charge in [-0.05, 0) is 31.7 Å². The number of carbonyl (C=O) groups is 1. The Hall–Kier alpha value is -2.64. The van der Waals surface area contributed by atoms with Crippen LogP contribution in [0.25, 0.3) is 11.0 Å². The largest absolute Gasteiger partial charge is 0.368 e. The van der Waals surface area contributed by atoms with Crippen molar-refractivity contribution in [2.75, 3.05) is 41.7 Å². The molecule has 0 aromatic carbocycles. The molecule has 1 N–H and O–H groups in total. The monoisotopic (exact) mass is 428 g/mol. The fraction of sp³-hybridized carbons (Fsp3) is 0.550. The highest BCUT2D eigenvalue weighted by Gasteiger charge is 2.48. The summed E-state index contributed by atoms with van der Waals surface area (Å²) >= 11 is 0. The van der Waals surface area contributed by atoms with Gasteiger partial charge in [-0.2, -0.15) is 9.57 Å². The zero-order chi connectivity index (χ0) is 20.9. The van der Waals surface area contributed by atoms with Crippen LogP contribution in [0.4, 0.5) is 11.5 Å². The van der Waals surface area contributed by atoms with Gasteiger partial charge in [0.15, 0.2) is 0 Å². The van der Waals surface area contributed by atoms with Crippen molar-refractivity contribution in [3.8, 4) is 6.07 Å². The van der Waals surface area contributed by atoms with Gasteiger partial charge in [-0.1, -0.05) is 0 Å². The van der Waals surface area contributed by atoms with E-state index in [0.29, 0.717) is 44.8 Å². The van der Waals surface area contributed by atoms with Gasteiger partial charge in [-0.15, -0.1) is 0 Å². The number of piperazine rings is 1. The normalized spacial score (nSPS) is 21.4. The highest BCUT2D eigenvalue weighted by Crippen LogP contribution is 2.46. The number of nitriles is 1. The third kappa shape index (κ3) is 3.42. The quantitative estimate of drug-likeness (QED) is 0.668. The van der Waals surface area contributed by atoms with Gasteiger partial charge >= 0.3 is 0 Å². The molecular weight excluding hydrogens is 404 g/mol. The molecule has 2 aromatic rings. The van der Waals surface area contributed by atoms with E-state index < -0.39 is 15.4 Å². The zero-order valence-electron chi connectivity index (χ0n) is 16.6. The molecule has 1 saturated heterocycles. The first kappa shape index (κ1) is 19.3. The number of sulfonamides is 1. The van der Waals surface area contributed by atoms with E-state index in [-0.39, 0.29) is 11.8 Å². The summed E-state index contributed by atoms with van der Waals surface area (Å²) in [5.74, 6) is 0.547. The lowest BCUT2D eigenvalue weighted by Gasteiger charge is -2.36. The molecule has 0 radical (unpaired) electrons. The van der Waals surface area contributed by atoms with Gasteiger partial charge in [-0.25, -0.2) is 13.4 Å². The van der Waals surface area contributed by atoms with Crippen molar-refractivity contribution < 1.29 is 13.2 Å². The van der Waals surface area contributed by atoms with E-state index in [1.165, 1.54) is 4.31 Å². The summed E-state index contributed by atoms with van der Waals surface area (Å²) in [5, 5.41) is 10.2. The van der Waals surface area contributed by atoms with Gasteiger partial charge in [0.25, 0.3) is 0 Å². The van der Waals surface area contributed by atoms with Crippen molar-refractivity contribution in [1.29, 1.82) is 5.26 Å². The van der Waals surface area contributed by atoms with E-state index in [2.05, 4.69) is 20.9 Å². The van der Waals surface area contributed by atoms with Crippen LogP contribution >= 0.6 is 0 Å². The molecule has 0 spiro atoms. The Morgan fingerprint density at radius 3 is 2.63 bits per heavy atom. The Morgan fingerprint density at radius 1 is 1.30 bits per heavy atom. The number of nitrogens with zero attached hydrogens (tertiary/aromatic N) is 5. The number of amides is 1. The van der Waals surface area contributed by atoms with Crippen LogP contribution < -0.4 is 9.80 Å². The highest BCUT2D eigenvalue weighted by molar-refractivity contribution is 7.89. The van der Waals surface area contributed by atoms with Crippen molar-refractivity contribution in [2.24, 2.45) is 5.41 Å². The number of aromatic amines is 1. The molecule has 158 valence electrons. The molecule has 0 atom stereocenters. The average Bonchev–Trinajstić information content (AvgIpc) is 3.67. The summed E-state index contributed by atoms with van der Waals surface area (Å²) in [7, 11) is -3.45. The Balaban J connectivity index is 1.36. The van der Waals surface area contributed by atoms with Gasteiger partial charge in [-0.3, -0.25) is 9.69 Å². The fourth-order valence-electron chi connectivity index (χ4n) is 4.17. The molecule has 2 aliphatic carbocycles. The lowest BCUT2D eigenvalue weighted by atomic mass is 10.2. The second-order valence-electron chi connectivity index (χ2n) is 8.52. The molecule has 3 aliphatic rings. The highest BCUT2D eigenvalue weighted by atomic mass is 32.2.